The summed E-state index contributed by atoms with van der Waals surface area (Å²) < 4.78 is 13.1. The Balaban J connectivity index is 1.17. The van der Waals surface area contributed by atoms with Crippen LogP contribution >= 0.6 is 22.7 Å². The van der Waals surface area contributed by atoms with Crippen LogP contribution in [0.15, 0.2) is 41.8 Å². The van der Waals surface area contributed by atoms with Gasteiger partial charge in [-0.05, 0) is 49.7 Å². The van der Waals surface area contributed by atoms with E-state index >= 15 is 0 Å². The van der Waals surface area contributed by atoms with E-state index in [0.29, 0.717) is 19.5 Å². The third kappa shape index (κ3) is 5.17. The second-order valence-electron chi connectivity index (χ2n) is 7.32. The number of rotatable bonds is 7. The van der Waals surface area contributed by atoms with Gasteiger partial charge in [0.05, 0.1) is 10.6 Å². The summed E-state index contributed by atoms with van der Waals surface area (Å²) in [5.74, 6) is -0.0267. The number of carbonyl (C=O) groups excluding carboxylic acids is 1. The van der Waals surface area contributed by atoms with E-state index < -0.39 is 0 Å². The van der Waals surface area contributed by atoms with E-state index in [9.17, 15) is 9.18 Å². The van der Waals surface area contributed by atoms with Crippen molar-refractivity contribution < 1.29 is 9.18 Å². The zero-order valence-electron chi connectivity index (χ0n) is 16.9. The van der Waals surface area contributed by atoms with Gasteiger partial charge in [0.25, 0.3) is 0 Å². The van der Waals surface area contributed by atoms with Crippen molar-refractivity contribution in [2.24, 2.45) is 0 Å². The molecular formula is C22H25FN4OS2. The van der Waals surface area contributed by atoms with Gasteiger partial charge in [0.2, 0.25) is 5.91 Å². The highest BCUT2D eigenvalue weighted by Crippen LogP contribution is 2.30. The number of nitrogens with zero attached hydrogens (tertiary/aromatic N) is 3. The van der Waals surface area contributed by atoms with Crippen molar-refractivity contribution in [3.05, 3.63) is 52.5 Å². The molecule has 2 aromatic heterocycles. The molecule has 158 valence electrons. The molecule has 0 saturated carbocycles. The number of hydrogen-bond acceptors (Lipinski definition) is 6. The highest BCUT2D eigenvalue weighted by Gasteiger charge is 2.21. The van der Waals surface area contributed by atoms with Crippen LogP contribution in [0.3, 0.4) is 0 Å². The van der Waals surface area contributed by atoms with Gasteiger partial charge in [-0.25, -0.2) is 9.37 Å². The van der Waals surface area contributed by atoms with Gasteiger partial charge in [0.15, 0.2) is 5.13 Å². The van der Waals surface area contributed by atoms with Crippen LogP contribution in [0.4, 0.5) is 15.2 Å². The first kappa shape index (κ1) is 20.8. The SMILES string of the molecule is Cc1ccc(-c2csc(NCCCC(=O)N3CCN(c4ccc(F)cc4)CC3)n2)s1. The predicted molar refractivity (Wildman–Crippen MR) is 123 cm³/mol. The van der Waals surface area contributed by atoms with Gasteiger partial charge in [-0.1, -0.05) is 0 Å². The number of nitrogens with one attached hydrogen (secondary N) is 1. The molecule has 5 nitrogen and oxygen atoms in total. The fraction of sp³-hybridized carbons (Fsp3) is 0.364. The van der Waals surface area contributed by atoms with Crippen LogP contribution in [0.25, 0.3) is 10.6 Å². The summed E-state index contributed by atoms with van der Waals surface area (Å²) in [5, 5.41) is 6.30. The monoisotopic (exact) mass is 444 g/mol. The first-order chi connectivity index (χ1) is 14.6. The summed E-state index contributed by atoms with van der Waals surface area (Å²) in [4.78, 5) is 23.7. The Morgan fingerprint density at radius 1 is 1.13 bits per heavy atom. The Bertz CT molecular complexity index is 977. The topological polar surface area (TPSA) is 48.5 Å². The van der Waals surface area contributed by atoms with Gasteiger partial charge >= 0.3 is 0 Å². The number of piperazine rings is 1. The first-order valence-electron chi connectivity index (χ1n) is 10.1. The Labute approximate surface area is 184 Å². The Morgan fingerprint density at radius 2 is 1.90 bits per heavy atom. The fourth-order valence-electron chi connectivity index (χ4n) is 3.50. The molecule has 0 bridgehead atoms. The number of hydrogen-bond donors (Lipinski definition) is 1. The van der Waals surface area contributed by atoms with Crippen molar-refractivity contribution in [1.82, 2.24) is 9.88 Å². The molecule has 1 aliphatic rings. The molecule has 1 aliphatic heterocycles. The van der Waals surface area contributed by atoms with Crippen molar-refractivity contribution in [3.63, 3.8) is 0 Å². The molecule has 0 atom stereocenters. The summed E-state index contributed by atoms with van der Waals surface area (Å²) in [7, 11) is 0. The molecule has 3 aromatic rings. The van der Waals surface area contributed by atoms with Crippen LogP contribution in [0.5, 0.6) is 0 Å². The molecule has 1 saturated heterocycles. The maximum absolute atomic E-state index is 13.1. The van der Waals surface area contributed by atoms with Crippen LogP contribution in [-0.2, 0) is 4.79 Å². The Morgan fingerprint density at radius 3 is 2.60 bits per heavy atom. The number of aromatic nitrogens is 1. The minimum Gasteiger partial charge on any atom is -0.368 e. The largest absolute Gasteiger partial charge is 0.368 e. The van der Waals surface area contributed by atoms with Gasteiger partial charge in [-0.15, -0.1) is 22.7 Å². The quantitative estimate of drug-likeness (QED) is 0.529. The number of thiophene rings is 1. The molecular weight excluding hydrogens is 419 g/mol. The molecule has 0 unspecified atom stereocenters. The number of carbonyl (C=O) groups is 1. The number of anilines is 2. The lowest BCUT2D eigenvalue weighted by atomic mass is 10.2. The van der Waals surface area contributed by atoms with Crippen molar-refractivity contribution in [2.75, 3.05) is 42.9 Å². The number of amides is 1. The minimum absolute atomic E-state index is 0.199. The molecule has 3 heterocycles. The summed E-state index contributed by atoms with van der Waals surface area (Å²) in [6.07, 6.45) is 1.32. The highest BCUT2D eigenvalue weighted by molar-refractivity contribution is 7.16. The van der Waals surface area contributed by atoms with Crippen LogP contribution < -0.4 is 10.2 Å². The zero-order valence-corrected chi connectivity index (χ0v) is 18.6. The number of halogens is 1. The molecule has 1 N–H and O–H groups in total. The molecule has 1 fully saturated rings. The van der Waals surface area contributed by atoms with E-state index in [2.05, 4.69) is 39.6 Å². The minimum atomic E-state index is -0.225. The maximum Gasteiger partial charge on any atom is 0.222 e. The van der Waals surface area contributed by atoms with Crippen LogP contribution in [0.2, 0.25) is 0 Å². The first-order valence-corrected chi connectivity index (χ1v) is 11.8. The predicted octanol–water partition coefficient (Wildman–Crippen LogP) is 4.86. The van der Waals surface area contributed by atoms with E-state index in [-0.39, 0.29) is 11.7 Å². The molecule has 1 amide bonds. The lowest BCUT2D eigenvalue weighted by Gasteiger charge is -2.36. The van der Waals surface area contributed by atoms with Crippen molar-refractivity contribution in [3.8, 4) is 10.6 Å². The summed E-state index contributed by atoms with van der Waals surface area (Å²) in [6, 6.07) is 10.8. The standard InChI is InChI=1S/C22H25FN4OS2/c1-16-4-9-20(30-16)19-15-29-22(25-19)24-10-2-3-21(28)27-13-11-26(12-14-27)18-7-5-17(23)6-8-18/h4-9,15H,2-3,10-14H2,1H3,(H,24,25). The lowest BCUT2D eigenvalue weighted by Crippen LogP contribution is -2.48. The lowest BCUT2D eigenvalue weighted by molar-refractivity contribution is -0.131. The van der Waals surface area contributed by atoms with Gasteiger partial charge in [0, 0.05) is 55.1 Å². The van der Waals surface area contributed by atoms with Crippen molar-refractivity contribution in [2.45, 2.75) is 19.8 Å². The van der Waals surface area contributed by atoms with Crippen LogP contribution in [-0.4, -0.2) is 48.5 Å². The van der Waals surface area contributed by atoms with Gasteiger partial charge in [-0.2, -0.15) is 0 Å². The summed E-state index contributed by atoms with van der Waals surface area (Å²) >= 11 is 3.35. The number of aryl methyl sites for hydroxylation is 1. The molecule has 0 radical (unpaired) electrons. The van der Waals surface area contributed by atoms with Crippen LogP contribution in [0.1, 0.15) is 17.7 Å². The summed E-state index contributed by atoms with van der Waals surface area (Å²) in [5.41, 5.74) is 2.02. The van der Waals surface area contributed by atoms with E-state index in [1.54, 1.807) is 34.8 Å². The summed E-state index contributed by atoms with van der Waals surface area (Å²) in [6.45, 7) is 5.80. The van der Waals surface area contributed by atoms with E-state index in [0.717, 1.165) is 42.6 Å². The van der Waals surface area contributed by atoms with Gasteiger partial charge in [-0.3, -0.25) is 4.79 Å². The third-order valence-electron chi connectivity index (χ3n) is 5.16. The van der Waals surface area contributed by atoms with E-state index in [1.165, 1.54) is 21.9 Å². The smallest absolute Gasteiger partial charge is 0.222 e. The second-order valence-corrected chi connectivity index (χ2v) is 9.47. The third-order valence-corrected chi connectivity index (χ3v) is 6.99. The van der Waals surface area contributed by atoms with Crippen molar-refractivity contribution in [1.29, 1.82) is 0 Å². The average Bonchev–Trinajstić information content (AvgIpc) is 3.41. The Kier molecular flexibility index (Phi) is 6.64. The fourth-order valence-corrected chi connectivity index (χ4v) is 5.14. The second kappa shape index (κ2) is 9.57. The van der Waals surface area contributed by atoms with Gasteiger partial charge in [0.1, 0.15) is 5.82 Å². The van der Waals surface area contributed by atoms with Gasteiger partial charge < -0.3 is 15.1 Å². The molecule has 4 rings (SSSR count). The normalized spacial score (nSPS) is 14.2. The molecule has 0 spiro atoms. The highest BCUT2D eigenvalue weighted by atomic mass is 32.1. The van der Waals surface area contributed by atoms with Crippen molar-refractivity contribution >= 4 is 39.4 Å². The number of benzene rings is 1. The molecule has 30 heavy (non-hydrogen) atoms. The Hall–Kier alpha value is -2.45. The van der Waals surface area contributed by atoms with E-state index in [4.69, 9.17) is 0 Å². The molecule has 1 aromatic carbocycles. The van der Waals surface area contributed by atoms with Crippen LogP contribution in [0, 0.1) is 12.7 Å². The molecule has 8 heteroatoms. The number of thiazole rings is 1. The molecule has 0 aliphatic carbocycles. The van der Waals surface area contributed by atoms with E-state index in [1.807, 2.05) is 4.90 Å². The zero-order chi connectivity index (χ0) is 20.9. The maximum atomic E-state index is 13.1. The average molecular weight is 445 g/mol.